The van der Waals surface area contributed by atoms with Crippen LogP contribution in [0.25, 0.3) is 0 Å². The molecule has 0 aliphatic heterocycles. The Morgan fingerprint density at radius 3 is 2.58 bits per heavy atom. The molecule has 7 atom stereocenters. The van der Waals surface area contributed by atoms with Gasteiger partial charge in [-0.05, 0) is 86.3 Å². The number of hydrogen-bond donors (Lipinski definition) is 3. The molecule has 3 fully saturated rings. The van der Waals surface area contributed by atoms with Crippen molar-refractivity contribution in [3.8, 4) is 0 Å². The minimum atomic E-state index is -1.09. The van der Waals surface area contributed by atoms with E-state index >= 15 is 0 Å². The Labute approximate surface area is 225 Å². The predicted octanol–water partition coefficient (Wildman–Crippen LogP) is 4.66. The second-order valence-corrected chi connectivity index (χ2v) is 12.4. The summed E-state index contributed by atoms with van der Waals surface area (Å²) >= 11 is 0. The normalized spacial score (nSPS) is 37.4. The molecular formula is C31H40N2O5. The number of aliphatic carboxylic acids is 1. The van der Waals surface area contributed by atoms with Gasteiger partial charge in [0.25, 0.3) is 5.91 Å². The number of amides is 1. The van der Waals surface area contributed by atoms with Gasteiger partial charge in [-0.15, -0.1) is 0 Å². The molecular weight excluding hydrogens is 480 g/mol. The van der Waals surface area contributed by atoms with Gasteiger partial charge in [-0.25, -0.2) is 4.79 Å². The molecule has 0 saturated heterocycles. The van der Waals surface area contributed by atoms with Crippen molar-refractivity contribution in [1.82, 2.24) is 5.32 Å². The minimum Gasteiger partial charge on any atom is -0.480 e. The molecule has 4 aliphatic carbocycles. The number of nitrogens with zero attached hydrogens (tertiary/aromatic N) is 1. The molecule has 0 spiro atoms. The third-order valence-corrected chi connectivity index (χ3v) is 10.4. The highest BCUT2D eigenvalue weighted by Gasteiger charge is 2.61. The summed E-state index contributed by atoms with van der Waals surface area (Å²) in [6.45, 7) is 6.34. The first-order valence-electron chi connectivity index (χ1n) is 13.9. The number of hydrogen-bond acceptors (Lipinski definition) is 5. The number of rotatable bonds is 7. The molecule has 38 heavy (non-hydrogen) atoms. The highest BCUT2D eigenvalue weighted by Crippen LogP contribution is 2.66. The first kappa shape index (κ1) is 26.7. The van der Waals surface area contributed by atoms with E-state index in [-0.39, 0.29) is 23.9 Å². The van der Waals surface area contributed by atoms with Crippen molar-refractivity contribution in [3.05, 3.63) is 59.7 Å². The summed E-state index contributed by atoms with van der Waals surface area (Å²) in [5.41, 5.74) is 2.27. The number of allylic oxidation sites excluding steroid dienone is 4. The fourth-order valence-electron chi connectivity index (χ4n) is 7.96. The lowest BCUT2D eigenvalue weighted by atomic mass is 9.47. The van der Waals surface area contributed by atoms with E-state index in [9.17, 15) is 19.8 Å². The zero-order valence-corrected chi connectivity index (χ0v) is 22.7. The summed E-state index contributed by atoms with van der Waals surface area (Å²) in [6.07, 6.45) is 12.8. The molecule has 7 heteroatoms. The molecule has 0 unspecified atom stereocenters. The van der Waals surface area contributed by atoms with Crippen molar-refractivity contribution in [2.24, 2.45) is 33.7 Å². The lowest BCUT2D eigenvalue weighted by Gasteiger charge is -2.58. The molecule has 3 N–H and O–H groups in total. The standard InChI is InChI=1S/C31H40N2O5/c1-29-14-11-22(33-38-19-27(34)32-26(28(35)36)17-20-7-5-4-6-8-20)18-21(29)9-10-23-24(29)12-15-30(2)25(23)13-16-31(30,3)37/h4-8,11,14,18,23-26,37H,9-10,12-13,15-17,19H2,1-3H3,(H,32,34)(H,35,36)/t23-,24+,25-,26-,29-,30-,31-/m0/s1. The topological polar surface area (TPSA) is 108 Å². The van der Waals surface area contributed by atoms with E-state index in [0.717, 1.165) is 44.1 Å². The van der Waals surface area contributed by atoms with E-state index in [0.29, 0.717) is 23.5 Å². The fourth-order valence-corrected chi connectivity index (χ4v) is 7.96. The number of benzene rings is 1. The van der Waals surface area contributed by atoms with E-state index in [1.165, 1.54) is 5.57 Å². The quantitative estimate of drug-likeness (QED) is 0.453. The number of carboxylic acid groups (broad SMARTS) is 1. The van der Waals surface area contributed by atoms with Crippen LogP contribution in [0.2, 0.25) is 0 Å². The van der Waals surface area contributed by atoms with E-state index in [1.54, 1.807) is 0 Å². The molecule has 0 aromatic heterocycles. The summed E-state index contributed by atoms with van der Waals surface area (Å²) in [5, 5.41) is 27.3. The van der Waals surface area contributed by atoms with Crippen LogP contribution in [0, 0.1) is 28.6 Å². The maximum absolute atomic E-state index is 12.4. The average molecular weight is 521 g/mol. The van der Waals surface area contributed by atoms with Gasteiger partial charge in [0, 0.05) is 11.8 Å². The van der Waals surface area contributed by atoms with Gasteiger partial charge in [0.15, 0.2) is 6.61 Å². The zero-order chi connectivity index (χ0) is 27.1. The molecule has 7 nitrogen and oxygen atoms in total. The van der Waals surface area contributed by atoms with Gasteiger partial charge in [-0.2, -0.15) is 0 Å². The second kappa shape index (κ2) is 9.99. The predicted molar refractivity (Wildman–Crippen MR) is 145 cm³/mol. The lowest BCUT2D eigenvalue weighted by molar-refractivity contribution is -0.142. The van der Waals surface area contributed by atoms with E-state index in [2.05, 4.69) is 36.5 Å². The van der Waals surface area contributed by atoms with Crippen LogP contribution in [-0.4, -0.2) is 46.1 Å². The van der Waals surface area contributed by atoms with Crippen molar-refractivity contribution in [1.29, 1.82) is 0 Å². The summed E-state index contributed by atoms with van der Waals surface area (Å²) < 4.78 is 0. The SMILES string of the molecule is C[C@]12C=CC(=NOCC(=O)N[C@@H](Cc3ccccc3)C(=O)O)C=C1CC[C@H]1[C@H]2CC[C@@]2(C)[C@H]1CC[C@]2(C)O. The molecule has 0 bridgehead atoms. The van der Waals surface area contributed by atoms with Crippen LogP contribution in [0.1, 0.15) is 64.9 Å². The number of carbonyl (C=O) groups is 2. The first-order chi connectivity index (χ1) is 18.0. The van der Waals surface area contributed by atoms with Crippen LogP contribution in [0.3, 0.4) is 0 Å². The maximum atomic E-state index is 12.4. The van der Waals surface area contributed by atoms with Crippen LogP contribution >= 0.6 is 0 Å². The number of fused-ring (bicyclic) bond motifs is 5. The van der Waals surface area contributed by atoms with Gasteiger partial charge in [0.2, 0.25) is 0 Å². The Hall–Kier alpha value is -2.93. The van der Waals surface area contributed by atoms with Crippen LogP contribution in [0.5, 0.6) is 0 Å². The Morgan fingerprint density at radius 2 is 1.84 bits per heavy atom. The van der Waals surface area contributed by atoms with Gasteiger partial charge in [-0.1, -0.05) is 61.0 Å². The molecule has 1 aromatic carbocycles. The number of oxime groups is 1. The monoisotopic (exact) mass is 520 g/mol. The van der Waals surface area contributed by atoms with Crippen molar-refractivity contribution in [2.75, 3.05) is 6.61 Å². The van der Waals surface area contributed by atoms with E-state index < -0.39 is 23.5 Å². The molecule has 1 amide bonds. The minimum absolute atomic E-state index is 0.00585. The molecule has 0 heterocycles. The number of carbonyl (C=O) groups excluding carboxylic acids is 1. The van der Waals surface area contributed by atoms with Gasteiger partial charge in [0.05, 0.1) is 5.60 Å². The van der Waals surface area contributed by atoms with Crippen LogP contribution in [-0.2, 0) is 20.8 Å². The van der Waals surface area contributed by atoms with Gasteiger partial charge >= 0.3 is 5.97 Å². The van der Waals surface area contributed by atoms with Crippen LogP contribution in [0.4, 0.5) is 0 Å². The number of nitrogens with one attached hydrogen (secondary N) is 1. The lowest BCUT2D eigenvalue weighted by Crippen LogP contribution is -2.53. The second-order valence-electron chi connectivity index (χ2n) is 12.4. The van der Waals surface area contributed by atoms with Crippen LogP contribution in [0.15, 0.2) is 59.3 Å². The Bertz CT molecular complexity index is 1170. The maximum Gasteiger partial charge on any atom is 0.326 e. The summed E-state index contributed by atoms with van der Waals surface area (Å²) in [7, 11) is 0. The van der Waals surface area contributed by atoms with Crippen molar-refractivity contribution >= 4 is 17.6 Å². The van der Waals surface area contributed by atoms with Crippen molar-refractivity contribution < 1.29 is 24.6 Å². The van der Waals surface area contributed by atoms with Crippen molar-refractivity contribution in [3.63, 3.8) is 0 Å². The van der Waals surface area contributed by atoms with Crippen molar-refractivity contribution in [2.45, 2.75) is 77.4 Å². The summed E-state index contributed by atoms with van der Waals surface area (Å²) in [4.78, 5) is 29.3. The van der Waals surface area contributed by atoms with Gasteiger partial charge in [0.1, 0.15) is 11.8 Å². The zero-order valence-electron chi connectivity index (χ0n) is 22.7. The Balaban J connectivity index is 1.19. The molecule has 4 aliphatic rings. The molecule has 204 valence electrons. The average Bonchev–Trinajstić information content (AvgIpc) is 3.13. The highest BCUT2D eigenvalue weighted by atomic mass is 16.6. The van der Waals surface area contributed by atoms with Gasteiger partial charge in [-0.3, -0.25) is 4.79 Å². The number of aliphatic hydroxyl groups is 1. The third-order valence-electron chi connectivity index (χ3n) is 10.4. The highest BCUT2D eigenvalue weighted by molar-refractivity contribution is 6.05. The Morgan fingerprint density at radius 1 is 1.11 bits per heavy atom. The van der Waals surface area contributed by atoms with Gasteiger partial charge < -0.3 is 20.4 Å². The third kappa shape index (κ3) is 4.70. The van der Waals surface area contributed by atoms with E-state index in [1.807, 2.05) is 43.3 Å². The van der Waals surface area contributed by atoms with E-state index in [4.69, 9.17) is 4.84 Å². The molecule has 0 radical (unpaired) electrons. The fraction of sp³-hybridized carbons (Fsp3) is 0.581. The first-order valence-corrected chi connectivity index (χ1v) is 13.9. The smallest absolute Gasteiger partial charge is 0.326 e. The Kier molecular flexibility index (Phi) is 7.01. The molecule has 3 saturated carbocycles. The summed E-state index contributed by atoms with van der Waals surface area (Å²) in [5.74, 6) is 0.125. The number of carboxylic acids is 1. The largest absolute Gasteiger partial charge is 0.480 e. The van der Waals surface area contributed by atoms with Crippen LogP contribution < -0.4 is 5.32 Å². The summed E-state index contributed by atoms with van der Waals surface area (Å²) in [6, 6.07) is 8.16. The molecule has 5 rings (SSSR count). The molecule has 1 aromatic rings.